The Hall–Kier alpha value is -1.49. The molecule has 2 rings (SSSR count). The van der Waals surface area contributed by atoms with Crippen LogP contribution in [0, 0.1) is 6.92 Å². The molecule has 0 bridgehead atoms. The number of nitrogens with two attached hydrogens (primary N) is 1. The summed E-state index contributed by atoms with van der Waals surface area (Å²) in [5, 5.41) is 0. The fraction of sp³-hybridized carbons (Fsp3) is 0.182. The van der Waals surface area contributed by atoms with E-state index in [0.29, 0.717) is 5.76 Å². The highest BCUT2D eigenvalue weighted by Gasteiger charge is 2.11. The first kappa shape index (κ1) is 11.0. The highest BCUT2D eigenvalue weighted by Crippen LogP contribution is 2.32. The lowest BCUT2D eigenvalue weighted by molar-refractivity contribution is 0.412. The molecule has 0 aliphatic heterocycles. The van der Waals surface area contributed by atoms with Crippen LogP contribution < -0.4 is 10.5 Å². The molecule has 0 fully saturated rings. The van der Waals surface area contributed by atoms with Gasteiger partial charge in [0.1, 0.15) is 5.75 Å². The summed E-state index contributed by atoms with van der Waals surface area (Å²) in [5.41, 5.74) is 7.18. The number of oxazole rings is 1. The average Bonchev–Trinajstić information content (AvgIpc) is 2.58. The van der Waals surface area contributed by atoms with Crippen molar-refractivity contribution in [1.82, 2.24) is 4.98 Å². The van der Waals surface area contributed by atoms with Gasteiger partial charge >= 0.3 is 0 Å². The monoisotopic (exact) mass is 282 g/mol. The first-order valence-corrected chi connectivity index (χ1v) is 5.48. The number of rotatable bonds is 2. The Morgan fingerprint density at radius 3 is 2.69 bits per heavy atom. The van der Waals surface area contributed by atoms with E-state index in [4.69, 9.17) is 14.9 Å². The number of methoxy groups -OCH3 is 1. The zero-order chi connectivity index (χ0) is 11.7. The van der Waals surface area contributed by atoms with Gasteiger partial charge in [0.2, 0.25) is 0 Å². The van der Waals surface area contributed by atoms with Gasteiger partial charge in [0.25, 0.3) is 6.01 Å². The fourth-order valence-electron chi connectivity index (χ4n) is 1.49. The number of ether oxygens (including phenoxy) is 1. The third-order valence-electron chi connectivity index (χ3n) is 2.23. The lowest BCUT2D eigenvalue weighted by atomic mass is 10.1. The summed E-state index contributed by atoms with van der Waals surface area (Å²) in [7, 11) is 1.62. The van der Waals surface area contributed by atoms with Crippen LogP contribution >= 0.6 is 15.9 Å². The third kappa shape index (κ3) is 1.90. The van der Waals surface area contributed by atoms with Gasteiger partial charge in [-0.15, -0.1) is 0 Å². The van der Waals surface area contributed by atoms with E-state index in [0.717, 1.165) is 21.5 Å². The quantitative estimate of drug-likeness (QED) is 0.920. The Kier molecular flexibility index (Phi) is 2.87. The third-order valence-corrected chi connectivity index (χ3v) is 2.85. The van der Waals surface area contributed by atoms with Crippen molar-refractivity contribution in [3.63, 3.8) is 0 Å². The second kappa shape index (κ2) is 4.17. The molecule has 0 saturated heterocycles. The Bertz CT molecular complexity index is 523. The molecule has 1 aromatic heterocycles. The minimum Gasteiger partial charge on any atom is -0.496 e. The maximum absolute atomic E-state index is 5.50. The lowest BCUT2D eigenvalue weighted by Gasteiger charge is -2.04. The van der Waals surface area contributed by atoms with Gasteiger partial charge in [-0.2, -0.15) is 4.98 Å². The molecule has 0 atom stereocenters. The summed E-state index contributed by atoms with van der Waals surface area (Å²) in [4.78, 5) is 4.02. The normalized spacial score (nSPS) is 10.4. The molecule has 16 heavy (non-hydrogen) atoms. The maximum atomic E-state index is 5.50. The first-order chi connectivity index (χ1) is 7.61. The van der Waals surface area contributed by atoms with E-state index >= 15 is 0 Å². The van der Waals surface area contributed by atoms with E-state index < -0.39 is 0 Å². The number of benzene rings is 1. The number of nitrogens with zero attached hydrogens (tertiary/aromatic N) is 1. The van der Waals surface area contributed by atoms with Crippen molar-refractivity contribution < 1.29 is 9.15 Å². The van der Waals surface area contributed by atoms with Gasteiger partial charge in [0, 0.05) is 5.56 Å². The second-order valence-electron chi connectivity index (χ2n) is 3.32. The van der Waals surface area contributed by atoms with Crippen LogP contribution in [0.5, 0.6) is 5.75 Å². The molecule has 1 aromatic carbocycles. The molecule has 0 aliphatic carbocycles. The molecule has 0 spiro atoms. The maximum Gasteiger partial charge on any atom is 0.292 e. The summed E-state index contributed by atoms with van der Waals surface area (Å²) in [5.74, 6) is 1.45. The number of nitrogen functional groups attached to an aromatic ring is 1. The highest BCUT2D eigenvalue weighted by atomic mass is 79.9. The fourth-order valence-corrected chi connectivity index (χ4v) is 2.03. The Labute approximate surface area is 102 Å². The Balaban J connectivity index is 2.49. The summed E-state index contributed by atoms with van der Waals surface area (Å²) in [6.45, 7) is 1.85. The zero-order valence-electron chi connectivity index (χ0n) is 8.95. The van der Waals surface area contributed by atoms with E-state index in [1.807, 2.05) is 25.1 Å². The number of aryl methyl sites for hydroxylation is 1. The van der Waals surface area contributed by atoms with Crippen LogP contribution in [0.1, 0.15) is 5.69 Å². The molecule has 0 unspecified atom stereocenters. The molecule has 2 N–H and O–H groups in total. The lowest BCUT2D eigenvalue weighted by Crippen LogP contribution is -1.85. The van der Waals surface area contributed by atoms with Gasteiger partial charge in [0.05, 0.1) is 17.3 Å². The van der Waals surface area contributed by atoms with Crippen LogP contribution in [0.4, 0.5) is 6.01 Å². The summed E-state index contributed by atoms with van der Waals surface area (Å²) in [6, 6.07) is 5.85. The molecule has 84 valence electrons. The van der Waals surface area contributed by atoms with Crippen LogP contribution in [0.15, 0.2) is 27.1 Å². The van der Waals surface area contributed by atoms with Crippen molar-refractivity contribution in [2.45, 2.75) is 6.92 Å². The molecule has 1 heterocycles. The molecule has 0 aliphatic rings. The Morgan fingerprint density at radius 1 is 1.44 bits per heavy atom. The van der Waals surface area contributed by atoms with E-state index in [2.05, 4.69) is 20.9 Å². The van der Waals surface area contributed by atoms with E-state index in [1.165, 1.54) is 0 Å². The second-order valence-corrected chi connectivity index (χ2v) is 4.17. The molecule has 2 aromatic rings. The van der Waals surface area contributed by atoms with Gasteiger partial charge in [-0.05, 0) is 41.1 Å². The van der Waals surface area contributed by atoms with Crippen molar-refractivity contribution in [3.8, 4) is 17.1 Å². The van der Waals surface area contributed by atoms with Crippen molar-refractivity contribution in [2.24, 2.45) is 0 Å². The highest BCUT2D eigenvalue weighted by molar-refractivity contribution is 9.10. The summed E-state index contributed by atoms with van der Waals surface area (Å²) < 4.78 is 11.4. The van der Waals surface area contributed by atoms with E-state index in [1.54, 1.807) is 7.11 Å². The predicted octanol–water partition coefficient (Wildman–Crippen LogP) is 3.00. The minimum atomic E-state index is 0.180. The molecule has 0 radical (unpaired) electrons. The number of hydrogen-bond donors (Lipinski definition) is 1. The molecular weight excluding hydrogens is 272 g/mol. The summed E-state index contributed by atoms with van der Waals surface area (Å²) in [6.07, 6.45) is 0. The minimum absolute atomic E-state index is 0.180. The van der Waals surface area contributed by atoms with E-state index in [9.17, 15) is 0 Å². The van der Waals surface area contributed by atoms with Crippen LogP contribution in [-0.4, -0.2) is 12.1 Å². The zero-order valence-corrected chi connectivity index (χ0v) is 10.5. The number of anilines is 1. The topological polar surface area (TPSA) is 61.3 Å². The van der Waals surface area contributed by atoms with Crippen LogP contribution in [-0.2, 0) is 0 Å². The molecule has 5 heteroatoms. The Morgan fingerprint density at radius 2 is 2.19 bits per heavy atom. The van der Waals surface area contributed by atoms with Gasteiger partial charge in [0.15, 0.2) is 5.76 Å². The predicted molar refractivity (Wildman–Crippen MR) is 65.3 cm³/mol. The SMILES string of the molecule is COc1ccc(-c2oc(N)nc2C)cc1Br. The van der Waals surface area contributed by atoms with Gasteiger partial charge in [-0.25, -0.2) is 0 Å². The average molecular weight is 283 g/mol. The van der Waals surface area contributed by atoms with Gasteiger partial charge in [-0.1, -0.05) is 0 Å². The summed E-state index contributed by atoms with van der Waals surface area (Å²) >= 11 is 3.42. The number of halogens is 1. The van der Waals surface area contributed by atoms with Crippen LogP contribution in [0.25, 0.3) is 11.3 Å². The van der Waals surface area contributed by atoms with Crippen molar-refractivity contribution in [2.75, 3.05) is 12.8 Å². The van der Waals surface area contributed by atoms with Crippen molar-refractivity contribution >= 4 is 21.9 Å². The van der Waals surface area contributed by atoms with Crippen molar-refractivity contribution in [3.05, 3.63) is 28.4 Å². The molecule has 0 amide bonds. The largest absolute Gasteiger partial charge is 0.496 e. The van der Waals surface area contributed by atoms with Gasteiger partial charge in [-0.3, -0.25) is 0 Å². The van der Waals surface area contributed by atoms with Gasteiger partial charge < -0.3 is 14.9 Å². The standard InChI is InChI=1S/C11H11BrN2O2/c1-6-10(16-11(13)14-6)7-3-4-9(15-2)8(12)5-7/h3-5H,1-2H3,(H2,13,14). The van der Waals surface area contributed by atoms with Crippen LogP contribution in [0.2, 0.25) is 0 Å². The van der Waals surface area contributed by atoms with E-state index in [-0.39, 0.29) is 6.01 Å². The van der Waals surface area contributed by atoms with Crippen LogP contribution in [0.3, 0.4) is 0 Å². The number of hydrogen-bond acceptors (Lipinski definition) is 4. The smallest absolute Gasteiger partial charge is 0.292 e. The van der Waals surface area contributed by atoms with Crippen molar-refractivity contribution in [1.29, 1.82) is 0 Å². The molecule has 0 saturated carbocycles. The molecular formula is C11H11BrN2O2. The molecule has 4 nitrogen and oxygen atoms in total. The number of aromatic nitrogens is 1. The first-order valence-electron chi connectivity index (χ1n) is 4.68.